The highest BCUT2D eigenvalue weighted by Gasteiger charge is 2.19. The Labute approximate surface area is 79.7 Å². The Morgan fingerprint density at radius 1 is 1.46 bits per heavy atom. The number of esters is 1. The molecule has 1 saturated carbocycles. The second-order valence-corrected chi connectivity index (χ2v) is 4.11. The van der Waals surface area contributed by atoms with Crippen LogP contribution in [0.2, 0.25) is 0 Å². The van der Waals surface area contributed by atoms with E-state index < -0.39 is 0 Å². The van der Waals surface area contributed by atoms with Crippen LogP contribution in [0.1, 0.15) is 40.5 Å². The standard InChI is InChI=1S/C6H12O2.C4H5N/c1-5(7)8-6(2,3)4;5-3-4-1-2-4/h1-4H3;4H,1-2H2. The maximum Gasteiger partial charge on any atom is 0.303 e. The van der Waals surface area contributed by atoms with Crippen molar-refractivity contribution in [3.05, 3.63) is 0 Å². The molecule has 0 aromatic heterocycles. The van der Waals surface area contributed by atoms with Gasteiger partial charge in [0.1, 0.15) is 5.60 Å². The summed E-state index contributed by atoms with van der Waals surface area (Å²) in [5.74, 6) is 0.215. The van der Waals surface area contributed by atoms with Gasteiger partial charge in [-0.3, -0.25) is 4.79 Å². The predicted molar refractivity (Wildman–Crippen MR) is 49.9 cm³/mol. The number of rotatable bonds is 0. The van der Waals surface area contributed by atoms with Crippen molar-refractivity contribution in [2.45, 2.75) is 46.1 Å². The molecule has 0 spiro atoms. The Hall–Kier alpha value is -1.04. The monoisotopic (exact) mass is 183 g/mol. The largest absolute Gasteiger partial charge is 0.460 e. The number of nitriles is 1. The molecular formula is C10H17NO2. The fraction of sp³-hybridized carbons (Fsp3) is 0.800. The van der Waals surface area contributed by atoms with Gasteiger partial charge in [0.25, 0.3) is 0 Å². The average molecular weight is 183 g/mol. The van der Waals surface area contributed by atoms with Crippen molar-refractivity contribution in [1.29, 1.82) is 5.26 Å². The van der Waals surface area contributed by atoms with Crippen LogP contribution in [0, 0.1) is 17.2 Å². The molecule has 1 aliphatic rings. The molecule has 1 aliphatic carbocycles. The lowest BCUT2D eigenvalue weighted by atomic mass is 10.2. The number of nitrogens with zero attached hydrogens (tertiary/aromatic N) is 1. The smallest absolute Gasteiger partial charge is 0.303 e. The van der Waals surface area contributed by atoms with Gasteiger partial charge < -0.3 is 4.74 Å². The second-order valence-electron chi connectivity index (χ2n) is 4.11. The van der Waals surface area contributed by atoms with E-state index >= 15 is 0 Å². The molecule has 3 heteroatoms. The first-order chi connectivity index (χ1) is 5.85. The Bertz CT molecular complexity index is 206. The van der Waals surface area contributed by atoms with Crippen molar-refractivity contribution in [2.24, 2.45) is 5.92 Å². The van der Waals surface area contributed by atoms with Crippen LogP contribution in [0.25, 0.3) is 0 Å². The Morgan fingerprint density at radius 3 is 1.92 bits per heavy atom. The topological polar surface area (TPSA) is 50.1 Å². The third-order valence-corrected chi connectivity index (χ3v) is 1.21. The van der Waals surface area contributed by atoms with E-state index in [4.69, 9.17) is 10.00 Å². The van der Waals surface area contributed by atoms with Gasteiger partial charge in [-0.15, -0.1) is 0 Å². The van der Waals surface area contributed by atoms with Gasteiger partial charge in [-0.05, 0) is 33.6 Å². The van der Waals surface area contributed by atoms with Crippen LogP contribution in [0.15, 0.2) is 0 Å². The van der Waals surface area contributed by atoms with Crippen molar-refractivity contribution in [3.63, 3.8) is 0 Å². The van der Waals surface area contributed by atoms with Crippen LogP contribution in [-0.2, 0) is 9.53 Å². The molecule has 1 fully saturated rings. The summed E-state index contributed by atoms with van der Waals surface area (Å²) in [6.07, 6.45) is 2.30. The lowest BCUT2D eigenvalue weighted by Crippen LogP contribution is -2.21. The summed E-state index contributed by atoms with van der Waals surface area (Å²) in [5, 5.41) is 7.96. The lowest BCUT2D eigenvalue weighted by Gasteiger charge is -2.17. The quantitative estimate of drug-likeness (QED) is 0.541. The number of carbonyl (C=O) groups is 1. The van der Waals surface area contributed by atoms with E-state index in [1.807, 2.05) is 20.8 Å². The molecule has 0 heterocycles. The molecule has 0 atom stereocenters. The first-order valence-electron chi connectivity index (χ1n) is 4.44. The van der Waals surface area contributed by atoms with E-state index in [0.717, 1.165) is 12.8 Å². The average Bonchev–Trinajstić information content (AvgIpc) is 2.62. The van der Waals surface area contributed by atoms with Crippen LogP contribution in [-0.4, -0.2) is 11.6 Å². The van der Waals surface area contributed by atoms with E-state index in [9.17, 15) is 4.79 Å². The van der Waals surface area contributed by atoms with Crippen LogP contribution in [0.5, 0.6) is 0 Å². The highest BCUT2D eigenvalue weighted by Crippen LogP contribution is 2.26. The van der Waals surface area contributed by atoms with Gasteiger partial charge in [0.2, 0.25) is 0 Å². The van der Waals surface area contributed by atoms with Crippen LogP contribution < -0.4 is 0 Å². The Kier molecular flexibility index (Phi) is 4.47. The molecule has 0 N–H and O–H groups in total. The van der Waals surface area contributed by atoms with Gasteiger partial charge in [-0.25, -0.2) is 0 Å². The van der Waals surface area contributed by atoms with Crippen LogP contribution >= 0.6 is 0 Å². The normalized spacial score (nSPS) is 15.0. The molecular weight excluding hydrogens is 166 g/mol. The SMILES string of the molecule is CC(=O)OC(C)(C)C.N#CC1CC1. The van der Waals surface area contributed by atoms with Crippen molar-refractivity contribution < 1.29 is 9.53 Å². The first-order valence-corrected chi connectivity index (χ1v) is 4.44. The summed E-state index contributed by atoms with van der Waals surface area (Å²) in [4.78, 5) is 10.2. The predicted octanol–water partition coefficient (Wildman–Crippen LogP) is 2.27. The van der Waals surface area contributed by atoms with Gasteiger partial charge >= 0.3 is 5.97 Å². The van der Waals surface area contributed by atoms with Gasteiger partial charge in [-0.2, -0.15) is 5.26 Å². The van der Waals surface area contributed by atoms with Gasteiger partial charge in [0.15, 0.2) is 0 Å². The highest BCUT2D eigenvalue weighted by molar-refractivity contribution is 5.66. The third kappa shape index (κ3) is 11.0. The molecule has 1 rings (SSSR count). The van der Waals surface area contributed by atoms with E-state index in [1.54, 1.807) is 0 Å². The summed E-state index contributed by atoms with van der Waals surface area (Å²) in [5.41, 5.74) is -0.328. The Morgan fingerprint density at radius 2 is 1.92 bits per heavy atom. The molecule has 0 aromatic carbocycles. The molecule has 74 valence electrons. The third-order valence-electron chi connectivity index (χ3n) is 1.21. The van der Waals surface area contributed by atoms with Gasteiger partial charge in [0, 0.05) is 12.8 Å². The summed E-state index contributed by atoms with van der Waals surface area (Å²) < 4.78 is 4.80. The molecule has 0 amide bonds. The zero-order valence-corrected chi connectivity index (χ0v) is 8.76. The van der Waals surface area contributed by atoms with Crippen molar-refractivity contribution >= 4 is 5.97 Å². The molecule has 13 heavy (non-hydrogen) atoms. The summed E-state index contributed by atoms with van der Waals surface area (Å²) in [6, 6.07) is 2.14. The summed E-state index contributed by atoms with van der Waals surface area (Å²) >= 11 is 0. The molecule has 0 bridgehead atoms. The van der Waals surface area contributed by atoms with Crippen molar-refractivity contribution in [1.82, 2.24) is 0 Å². The van der Waals surface area contributed by atoms with Crippen LogP contribution in [0.3, 0.4) is 0 Å². The minimum absolute atomic E-state index is 0.225. The number of ether oxygens (including phenoxy) is 1. The first kappa shape index (κ1) is 12.0. The fourth-order valence-corrected chi connectivity index (χ4v) is 0.644. The molecule has 0 radical (unpaired) electrons. The Balaban J connectivity index is 0.000000243. The highest BCUT2D eigenvalue weighted by atomic mass is 16.6. The molecule has 0 saturated heterocycles. The lowest BCUT2D eigenvalue weighted by molar-refractivity contribution is -0.151. The number of hydrogen-bond donors (Lipinski definition) is 0. The minimum atomic E-state index is -0.328. The fourth-order valence-electron chi connectivity index (χ4n) is 0.644. The molecule has 0 unspecified atom stereocenters. The number of carbonyl (C=O) groups excluding carboxylic acids is 1. The van der Waals surface area contributed by atoms with E-state index in [-0.39, 0.29) is 11.6 Å². The number of hydrogen-bond acceptors (Lipinski definition) is 3. The summed E-state index contributed by atoms with van der Waals surface area (Å²) in [7, 11) is 0. The van der Waals surface area contributed by atoms with E-state index in [2.05, 4.69) is 6.07 Å². The molecule has 0 aromatic rings. The maximum absolute atomic E-state index is 10.2. The van der Waals surface area contributed by atoms with Crippen molar-refractivity contribution in [3.8, 4) is 6.07 Å². The molecule has 0 aliphatic heterocycles. The van der Waals surface area contributed by atoms with Crippen LogP contribution in [0.4, 0.5) is 0 Å². The van der Waals surface area contributed by atoms with E-state index in [0.29, 0.717) is 5.92 Å². The second kappa shape index (κ2) is 4.86. The van der Waals surface area contributed by atoms with E-state index in [1.165, 1.54) is 6.92 Å². The molecule has 3 nitrogen and oxygen atoms in total. The minimum Gasteiger partial charge on any atom is -0.460 e. The van der Waals surface area contributed by atoms with Gasteiger partial charge in [-0.1, -0.05) is 0 Å². The zero-order chi connectivity index (χ0) is 10.5. The summed E-state index contributed by atoms with van der Waals surface area (Å²) in [6.45, 7) is 6.93. The van der Waals surface area contributed by atoms with Gasteiger partial charge in [0.05, 0.1) is 6.07 Å². The zero-order valence-electron chi connectivity index (χ0n) is 8.76. The van der Waals surface area contributed by atoms with Crippen molar-refractivity contribution in [2.75, 3.05) is 0 Å². The maximum atomic E-state index is 10.2.